The zero-order chi connectivity index (χ0) is 13.1. The van der Waals surface area contributed by atoms with Gasteiger partial charge in [-0.2, -0.15) is 0 Å². The second kappa shape index (κ2) is 4.87. The Bertz CT molecular complexity index is 596. The third-order valence-electron chi connectivity index (χ3n) is 2.63. The van der Waals surface area contributed by atoms with Crippen LogP contribution in [0.15, 0.2) is 42.5 Å². The molecule has 0 aromatic heterocycles. The normalized spacial score (nSPS) is 10.3. The Morgan fingerprint density at radius 2 is 1.94 bits per heavy atom. The first-order chi connectivity index (χ1) is 8.58. The SMILES string of the molecule is Nc1c(F)cccc1C(=O)Cc1cccc(O)c1. The van der Waals surface area contributed by atoms with Gasteiger partial charge in [-0.25, -0.2) is 4.39 Å². The molecule has 0 aliphatic rings. The number of anilines is 1. The molecule has 4 heteroatoms. The van der Waals surface area contributed by atoms with Gasteiger partial charge in [0, 0.05) is 12.0 Å². The van der Waals surface area contributed by atoms with Crippen LogP contribution >= 0.6 is 0 Å². The lowest BCUT2D eigenvalue weighted by Gasteiger charge is -2.06. The molecule has 2 aromatic rings. The zero-order valence-corrected chi connectivity index (χ0v) is 9.56. The van der Waals surface area contributed by atoms with Gasteiger partial charge < -0.3 is 10.8 Å². The van der Waals surface area contributed by atoms with Crippen LogP contribution in [0.1, 0.15) is 15.9 Å². The van der Waals surface area contributed by atoms with Crippen LogP contribution in [-0.4, -0.2) is 10.9 Å². The van der Waals surface area contributed by atoms with Crippen molar-refractivity contribution in [1.29, 1.82) is 0 Å². The van der Waals surface area contributed by atoms with E-state index in [1.54, 1.807) is 12.1 Å². The minimum atomic E-state index is -0.600. The number of Topliss-reactive ketones (excluding diaryl/α,β-unsaturated/α-hetero) is 1. The minimum Gasteiger partial charge on any atom is -0.508 e. The molecule has 18 heavy (non-hydrogen) atoms. The molecule has 2 aromatic carbocycles. The Labute approximate surface area is 104 Å². The van der Waals surface area contributed by atoms with Crippen LogP contribution in [0.25, 0.3) is 0 Å². The molecule has 0 heterocycles. The van der Waals surface area contributed by atoms with E-state index in [4.69, 9.17) is 5.73 Å². The summed E-state index contributed by atoms with van der Waals surface area (Å²) in [6, 6.07) is 10.5. The van der Waals surface area contributed by atoms with Gasteiger partial charge in [-0.1, -0.05) is 18.2 Å². The minimum absolute atomic E-state index is 0.0715. The first-order valence-corrected chi connectivity index (χ1v) is 5.43. The van der Waals surface area contributed by atoms with Crippen molar-refractivity contribution in [1.82, 2.24) is 0 Å². The number of carbonyl (C=O) groups excluding carboxylic acids is 1. The first kappa shape index (κ1) is 12.1. The molecule has 92 valence electrons. The summed E-state index contributed by atoms with van der Waals surface area (Å²) in [5.74, 6) is -0.790. The zero-order valence-electron chi connectivity index (χ0n) is 9.56. The third kappa shape index (κ3) is 2.48. The summed E-state index contributed by atoms with van der Waals surface area (Å²) >= 11 is 0. The van der Waals surface area contributed by atoms with Gasteiger partial charge in [0.05, 0.1) is 5.69 Å². The largest absolute Gasteiger partial charge is 0.508 e. The highest BCUT2D eigenvalue weighted by Gasteiger charge is 2.13. The molecular formula is C14H12FNO2. The molecule has 0 spiro atoms. The molecule has 0 saturated heterocycles. The molecule has 0 aliphatic heterocycles. The van der Waals surface area contributed by atoms with Crippen LogP contribution in [0.3, 0.4) is 0 Å². The summed E-state index contributed by atoms with van der Waals surface area (Å²) in [5.41, 5.74) is 6.21. The highest BCUT2D eigenvalue weighted by Crippen LogP contribution is 2.19. The predicted molar refractivity (Wildman–Crippen MR) is 67.0 cm³/mol. The number of hydrogen-bond acceptors (Lipinski definition) is 3. The van der Waals surface area contributed by atoms with Gasteiger partial charge in [0.25, 0.3) is 0 Å². The Balaban J connectivity index is 2.25. The molecule has 0 bridgehead atoms. The first-order valence-electron chi connectivity index (χ1n) is 5.43. The standard InChI is InChI=1S/C14H12FNO2/c15-12-6-2-5-11(14(12)16)13(18)8-9-3-1-4-10(17)7-9/h1-7,17H,8,16H2. The van der Waals surface area contributed by atoms with E-state index in [2.05, 4.69) is 0 Å². The summed E-state index contributed by atoms with van der Waals surface area (Å²) in [5, 5.41) is 9.30. The van der Waals surface area contributed by atoms with Crippen LogP contribution < -0.4 is 5.73 Å². The van der Waals surface area contributed by atoms with Crippen LogP contribution in [0.4, 0.5) is 10.1 Å². The Morgan fingerprint density at radius 3 is 2.67 bits per heavy atom. The number of rotatable bonds is 3. The van der Waals surface area contributed by atoms with Crippen LogP contribution in [-0.2, 0) is 6.42 Å². The number of nitrogens with two attached hydrogens (primary N) is 1. The van der Waals surface area contributed by atoms with Crippen molar-refractivity contribution >= 4 is 11.5 Å². The van der Waals surface area contributed by atoms with Gasteiger partial charge >= 0.3 is 0 Å². The lowest BCUT2D eigenvalue weighted by atomic mass is 10.0. The topological polar surface area (TPSA) is 63.3 Å². The van der Waals surface area contributed by atoms with Crippen molar-refractivity contribution < 1.29 is 14.3 Å². The average molecular weight is 245 g/mol. The fraction of sp³-hybridized carbons (Fsp3) is 0.0714. The second-order valence-electron chi connectivity index (χ2n) is 3.97. The summed E-state index contributed by atoms with van der Waals surface area (Å²) in [7, 11) is 0. The molecule has 0 aliphatic carbocycles. The quantitative estimate of drug-likeness (QED) is 0.645. The molecule has 0 radical (unpaired) electrons. The third-order valence-corrected chi connectivity index (χ3v) is 2.63. The molecule has 3 nitrogen and oxygen atoms in total. The average Bonchev–Trinajstić information content (AvgIpc) is 2.32. The molecule has 2 rings (SSSR count). The highest BCUT2D eigenvalue weighted by atomic mass is 19.1. The van der Waals surface area contributed by atoms with Crippen molar-refractivity contribution in [2.24, 2.45) is 0 Å². The summed E-state index contributed by atoms with van der Waals surface area (Å²) in [6.07, 6.45) is 0.0715. The van der Waals surface area contributed by atoms with Gasteiger partial charge in [0.15, 0.2) is 5.78 Å². The Morgan fingerprint density at radius 1 is 1.22 bits per heavy atom. The molecule has 0 amide bonds. The molecule has 0 fully saturated rings. The summed E-state index contributed by atoms with van der Waals surface area (Å²) in [6.45, 7) is 0. The van der Waals surface area contributed by atoms with Crippen molar-refractivity contribution in [3.05, 3.63) is 59.4 Å². The van der Waals surface area contributed by atoms with Gasteiger partial charge in [0.2, 0.25) is 0 Å². The van der Waals surface area contributed by atoms with Crippen molar-refractivity contribution in [3.63, 3.8) is 0 Å². The molecule has 0 saturated carbocycles. The molecule has 0 atom stereocenters. The maximum Gasteiger partial charge on any atom is 0.169 e. The fourth-order valence-electron chi connectivity index (χ4n) is 1.73. The number of phenols is 1. The Kier molecular flexibility index (Phi) is 3.28. The smallest absolute Gasteiger partial charge is 0.169 e. The number of hydrogen-bond donors (Lipinski definition) is 2. The fourth-order valence-corrected chi connectivity index (χ4v) is 1.73. The maximum absolute atomic E-state index is 13.2. The van der Waals surface area contributed by atoms with Gasteiger partial charge in [-0.15, -0.1) is 0 Å². The number of aromatic hydroxyl groups is 1. The summed E-state index contributed by atoms with van der Waals surface area (Å²) < 4.78 is 13.2. The van der Waals surface area contributed by atoms with Crippen molar-refractivity contribution in [2.75, 3.05) is 5.73 Å². The number of carbonyl (C=O) groups is 1. The summed E-state index contributed by atoms with van der Waals surface area (Å²) in [4.78, 5) is 12.0. The van der Waals surface area contributed by atoms with E-state index in [9.17, 15) is 14.3 Å². The Hall–Kier alpha value is -2.36. The molecular weight excluding hydrogens is 233 g/mol. The maximum atomic E-state index is 13.2. The lowest BCUT2D eigenvalue weighted by molar-refractivity contribution is 0.0993. The van der Waals surface area contributed by atoms with E-state index < -0.39 is 5.82 Å². The number of benzene rings is 2. The van der Waals surface area contributed by atoms with Crippen molar-refractivity contribution in [2.45, 2.75) is 6.42 Å². The highest BCUT2D eigenvalue weighted by molar-refractivity contribution is 6.02. The predicted octanol–water partition coefficient (Wildman–Crippen LogP) is 2.54. The van der Waals surface area contributed by atoms with Crippen LogP contribution in [0.2, 0.25) is 0 Å². The van der Waals surface area contributed by atoms with Gasteiger partial charge in [-0.05, 0) is 29.8 Å². The monoisotopic (exact) mass is 245 g/mol. The van der Waals surface area contributed by atoms with E-state index in [1.807, 2.05) is 0 Å². The van der Waals surface area contributed by atoms with E-state index in [0.29, 0.717) is 5.56 Å². The number of phenolic OH excluding ortho intramolecular Hbond substituents is 1. The molecule has 0 unspecified atom stereocenters. The number of para-hydroxylation sites is 1. The number of nitrogen functional groups attached to an aromatic ring is 1. The number of halogens is 1. The van der Waals surface area contributed by atoms with Crippen molar-refractivity contribution in [3.8, 4) is 5.75 Å². The lowest BCUT2D eigenvalue weighted by Crippen LogP contribution is -2.08. The van der Waals surface area contributed by atoms with E-state index in [0.717, 1.165) is 0 Å². The van der Waals surface area contributed by atoms with E-state index in [1.165, 1.54) is 30.3 Å². The second-order valence-corrected chi connectivity index (χ2v) is 3.97. The number of ketones is 1. The van der Waals surface area contributed by atoms with Gasteiger partial charge in [-0.3, -0.25) is 4.79 Å². The van der Waals surface area contributed by atoms with Crippen LogP contribution in [0.5, 0.6) is 5.75 Å². The molecule has 3 N–H and O–H groups in total. The van der Waals surface area contributed by atoms with Crippen LogP contribution in [0, 0.1) is 5.82 Å². The van der Waals surface area contributed by atoms with E-state index in [-0.39, 0.29) is 29.2 Å². The van der Waals surface area contributed by atoms with Gasteiger partial charge in [0.1, 0.15) is 11.6 Å². The van der Waals surface area contributed by atoms with E-state index >= 15 is 0 Å².